The van der Waals surface area contributed by atoms with Crippen molar-refractivity contribution < 1.29 is 9.90 Å². The van der Waals surface area contributed by atoms with Gasteiger partial charge < -0.3 is 10.4 Å². The van der Waals surface area contributed by atoms with Crippen LogP contribution in [-0.2, 0) is 0 Å². The highest BCUT2D eigenvalue weighted by molar-refractivity contribution is 5.92. The Balaban J connectivity index is 1.70. The number of carbonyl (C=O) groups is 1. The van der Waals surface area contributed by atoms with E-state index in [9.17, 15) is 9.90 Å². The van der Waals surface area contributed by atoms with E-state index < -0.39 is 0 Å². The minimum Gasteiger partial charge on any atom is -0.396 e. The van der Waals surface area contributed by atoms with E-state index in [2.05, 4.69) is 15.4 Å². The molecule has 0 bridgehead atoms. The number of aliphatic hydroxyl groups excluding tert-OH is 1. The van der Waals surface area contributed by atoms with Gasteiger partial charge in [0, 0.05) is 24.4 Å². The van der Waals surface area contributed by atoms with Crippen LogP contribution in [0.25, 0.3) is 5.82 Å². The maximum atomic E-state index is 12.1. The number of nitrogens with zero attached hydrogens (tertiary/aromatic N) is 3. The number of carbonyl (C=O) groups excluding carboxylic acids is 1. The summed E-state index contributed by atoms with van der Waals surface area (Å²) in [6.45, 7) is 0.615. The molecular weight excluding hydrogens is 256 g/mol. The van der Waals surface area contributed by atoms with E-state index in [-0.39, 0.29) is 17.9 Å². The van der Waals surface area contributed by atoms with Gasteiger partial charge in [-0.3, -0.25) is 4.79 Å². The van der Waals surface area contributed by atoms with Crippen LogP contribution in [-0.4, -0.2) is 38.9 Å². The molecule has 2 aromatic rings. The van der Waals surface area contributed by atoms with Gasteiger partial charge in [-0.2, -0.15) is 5.10 Å². The molecular formula is C14H16N4O2. The van der Waals surface area contributed by atoms with Crippen LogP contribution in [0.3, 0.4) is 0 Å². The molecule has 1 amide bonds. The van der Waals surface area contributed by atoms with Gasteiger partial charge in [0.25, 0.3) is 5.91 Å². The molecule has 0 aliphatic heterocycles. The lowest BCUT2D eigenvalue weighted by molar-refractivity contribution is 0.0930. The van der Waals surface area contributed by atoms with Crippen LogP contribution in [0.15, 0.2) is 36.7 Å². The molecule has 0 radical (unpaired) electrons. The lowest BCUT2D eigenvalue weighted by Gasteiger charge is -2.12. The Labute approximate surface area is 116 Å². The first kappa shape index (κ1) is 12.8. The number of aromatic nitrogens is 3. The maximum absolute atomic E-state index is 12.1. The number of rotatable bonds is 5. The first-order valence-corrected chi connectivity index (χ1v) is 6.59. The second-order valence-corrected chi connectivity index (χ2v) is 5.17. The van der Waals surface area contributed by atoms with Crippen LogP contribution in [0.1, 0.15) is 23.3 Å². The van der Waals surface area contributed by atoms with E-state index in [1.807, 2.05) is 0 Å². The lowest BCUT2D eigenvalue weighted by atomic mass is 10.1. The molecule has 3 rings (SSSR count). The predicted molar refractivity (Wildman–Crippen MR) is 72.4 cm³/mol. The smallest absolute Gasteiger partial charge is 0.269 e. The van der Waals surface area contributed by atoms with E-state index in [4.69, 9.17) is 0 Å². The zero-order chi connectivity index (χ0) is 14.0. The van der Waals surface area contributed by atoms with Gasteiger partial charge in [0.1, 0.15) is 5.69 Å². The maximum Gasteiger partial charge on any atom is 0.269 e. The number of hydrogen-bond donors (Lipinski definition) is 2. The third-order valence-corrected chi connectivity index (χ3v) is 3.62. The topological polar surface area (TPSA) is 80.0 Å². The highest BCUT2D eigenvalue weighted by Gasteiger charge is 2.42. The van der Waals surface area contributed by atoms with E-state index in [0.29, 0.717) is 18.1 Å². The zero-order valence-electron chi connectivity index (χ0n) is 11.0. The second kappa shape index (κ2) is 5.05. The van der Waals surface area contributed by atoms with Crippen molar-refractivity contribution >= 4 is 5.91 Å². The standard InChI is InChI=1S/C14H16N4O2/c19-10-14(5-6-14)9-15-13(20)11-3-1-4-12(17-11)18-8-2-7-16-18/h1-4,7-8,19H,5-6,9-10H2,(H,15,20). The van der Waals surface area contributed by atoms with Gasteiger partial charge in [0.05, 0.1) is 6.61 Å². The van der Waals surface area contributed by atoms with Crippen molar-refractivity contribution in [3.05, 3.63) is 42.4 Å². The third-order valence-electron chi connectivity index (χ3n) is 3.62. The minimum absolute atomic E-state index is 0.102. The van der Waals surface area contributed by atoms with Crippen LogP contribution in [0.2, 0.25) is 0 Å². The quantitative estimate of drug-likeness (QED) is 0.842. The summed E-state index contributed by atoms with van der Waals surface area (Å²) < 4.78 is 1.60. The fourth-order valence-electron chi connectivity index (χ4n) is 2.01. The van der Waals surface area contributed by atoms with Crippen LogP contribution in [0.4, 0.5) is 0 Å². The fourth-order valence-corrected chi connectivity index (χ4v) is 2.01. The molecule has 2 heterocycles. The second-order valence-electron chi connectivity index (χ2n) is 5.17. The molecule has 2 N–H and O–H groups in total. The molecule has 0 saturated heterocycles. The van der Waals surface area contributed by atoms with Gasteiger partial charge >= 0.3 is 0 Å². The molecule has 20 heavy (non-hydrogen) atoms. The summed E-state index contributed by atoms with van der Waals surface area (Å²) in [6, 6.07) is 7.03. The largest absolute Gasteiger partial charge is 0.396 e. The van der Waals surface area contributed by atoms with Crippen molar-refractivity contribution in [2.75, 3.05) is 13.2 Å². The SMILES string of the molecule is O=C(NCC1(CO)CC1)c1cccc(-n2cccn2)n1. The van der Waals surface area contributed by atoms with E-state index in [1.165, 1.54) is 0 Å². The number of nitrogens with one attached hydrogen (secondary N) is 1. The number of amides is 1. The summed E-state index contributed by atoms with van der Waals surface area (Å²) in [4.78, 5) is 16.4. The Bertz CT molecular complexity index is 605. The van der Waals surface area contributed by atoms with Crippen LogP contribution in [0.5, 0.6) is 0 Å². The van der Waals surface area contributed by atoms with E-state index >= 15 is 0 Å². The highest BCUT2D eigenvalue weighted by atomic mass is 16.3. The fraction of sp³-hybridized carbons (Fsp3) is 0.357. The molecule has 1 fully saturated rings. The lowest BCUT2D eigenvalue weighted by Crippen LogP contribution is -2.32. The Morgan fingerprint density at radius 1 is 1.40 bits per heavy atom. The van der Waals surface area contributed by atoms with Gasteiger partial charge in [-0.05, 0) is 31.0 Å². The molecule has 1 saturated carbocycles. The summed E-state index contributed by atoms with van der Waals surface area (Å²) in [6.07, 6.45) is 5.36. The molecule has 0 aromatic carbocycles. The van der Waals surface area contributed by atoms with Crippen molar-refractivity contribution in [1.29, 1.82) is 0 Å². The molecule has 0 unspecified atom stereocenters. The van der Waals surface area contributed by atoms with Crippen LogP contribution in [0, 0.1) is 5.41 Å². The molecule has 0 atom stereocenters. The Hall–Kier alpha value is -2.21. The average molecular weight is 272 g/mol. The predicted octanol–water partition coefficient (Wildman–Crippen LogP) is 0.770. The summed E-state index contributed by atoms with van der Waals surface area (Å²) in [5, 5.41) is 16.1. The normalized spacial score (nSPS) is 15.8. The molecule has 1 aliphatic carbocycles. The monoisotopic (exact) mass is 272 g/mol. The summed E-state index contributed by atoms with van der Waals surface area (Å²) in [5.41, 5.74) is 0.252. The van der Waals surface area contributed by atoms with Gasteiger partial charge in [0.15, 0.2) is 5.82 Å². The van der Waals surface area contributed by atoms with Crippen LogP contribution >= 0.6 is 0 Å². The first-order valence-electron chi connectivity index (χ1n) is 6.59. The van der Waals surface area contributed by atoms with Crippen molar-refractivity contribution in [2.24, 2.45) is 5.41 Å². The molecule has 6 nitrogen and oxygen atoms in total. The van der Waals surface area contributed by atoms with Crippen molar-refractivity contribution in [2.45, 2.75) is 12.8 Å². The Morgan fingerprint density at radius 2 is 2.25 bits per heavy atom. The number of hydrogen-bond acceptors (Lipinski definition) is 4. The van der Waals surface area contributed by atoms with Crippen LogP contribution < -0.4 is 5.32 Å². The Morgan fingerprint density at radius 3 is 2.90 bits per heavy atom. The van der Waals surface area contributed by atoms with Gasteiger partial charge in [0.2, 0.25) is 0 Å². The van der Waals surface area contributed by atoms with E-state index in [0.717, 1.165) is 12.8 Å². The zero-order valence-corrected chi connectivity index (χ0v) is 11.0. The minimum atomic E-state index is -0.223. The number of pyridine rings is 1. The first-order chi connectivity index (χ1) is 9.72. The van der Waals surface area contributed by atoms with Gasteiger partial charge in [-0.25, -0.2) is 9.67 Å². The number of aliphatic hydroxyl groups is 1. The summed E-state index contributed by atoms with van der Waals surface area (Å²) in [5.74, 6) is 0.379. The summed E-state index contributed by atoms with van der Waals surface area (Å²) in [7, 11) is 0. The summed E-state index contributed by atoms with van der Waals surface area (Å²) >= 11 is 0. The van der Waals surface area contributed by atoms with E-state index in [1.54, 1.807) is 41.3 Å². The molecule has 2 aromatic heterocycles. The van der Waals surface area contributed by atoms with Crippen molar-refractivity contribution in [3.63, 3.8) is 0 Å². The highest BCUT2D eigenvalue weighted by Crippen LogP contribution is 2.44. The van der Waals surface area contributed by atoms with Gasteiger partial charge in [-0.15, -0.1) is 0 Å². The van der Waals surface area contributed by atoms with Gasteiger partial charge in [-0.1, -0.05) is 6.07 Å². The van der Waals surface area contributed by atoms with Crippen molar-refractivity contribution in [1.82, 2.24) is 20.1 Å². The van der Waals surface area contributed by atoms with Crippen molar-refractivity contribution in [3.8, 4) is 5.82 Å². The third kappa shape index (κ3) is 2.55. The molecule has 6 heteroatoms. The Kier molecular flexibility index (Phi) is 3.23. The molecule has 1 aliphatic rings. The molecule has 104 valence electrons. The molecule has 0 spiro atoms. The average Bonchev–Trinajstić information content (AvgIpc) is 3.07.